The number of hydrogen-bond acceptors (Lipinski definition) is 3. The zero-order valence-electron chi connectivity index (χ0n) is 17.5. The summed E-state index contributed by atoms with van der Waals surface area (Å²) in [5, 5.41) is 1.68. The molecule has 0 spiro atoms. The standard InChI is InChI=1S/C22H25BF4O3/c1-20(2)21(3,4)30-23(29-20)19(24)18(12-13-28-14-22(25,26)27)17-11-7-9-15-8-5-6-10-16(15)17/h5-11H,12-14H2,1-4H3. The van der Waals surface area contributed by atoms with Crippen LogP contribution in [0.15, 0.2) is 48.2 Å². The van der Waals surface area contributed by atoms with Crippen molar-refractivity contribution < 1.29 is 31.6 Å². The van der Waals surface area contributed by atoms with Crippen LogP contribution in [0.25, 0.3) is 16.3 Å². The molecule has 2 aromatic carbocycles. The molecule has 0 amide bonds. The molecule has 0 N–H and O–H groups in total. The van der Waals surface area contributed by atoms with Crippen molar-refractivity contribution in [1.29, 1.82) is 0 Å². The second kappa shape index (κ2) is 8.32. The molecule has 1 heterocycles. The molecule has 0 aliphatic carbocycles. The van der Waals surface area contributed by atoms with Gasteiger partial charge in [0.15, 0.2) is 0 Å². The summed E-state index contributed by atoms with van der Waals surface area (Å²) >= 11 is 0. The normalized spacial score (nSPS) is 19.3. The van der Waals surface area contributed by atoms with Crippen LogP contribution in [0.3, 0.4) is 0 Å². The van der Waals surface area contributed by atoms with Gasteiger partial charge in [0.2, 0.25) is 0 Å². The number of alkyl halides is 3. The average Bonchev–Trinajstić information content (AvgIpc) is 2.88. The fourth-order valence-corrected chi connectivity index (χ4v) is 3.32. The van der Waals surface area contributed by atoms with E-state index >= 15 is 4.39 Å². The fourth-order valence-electron chi connectivity index (χ4n) is 3.32. The van der Waals surface area contributed by atoms with Crippen LogP contribution in [0.5, 0.6) is 0 Å². The maximum atomic E-state index is 15.7. The number of rotatable bonds is 6. The van der Waals surface area contributed by atoms with Crippen molar-refractivity contribution in [3.05, 3.63) is 53.8 Å². The van der Waals surface area contributed by atoms with Gasteiger partial charge in [-0.15, -0.1) is 0 Å². The predicted molar refractivity (Wildman–Crippen MR) is 110 cm³/mol. The lowest BCUT2D eigenvalue weighted by Gasteiger charge is -2.32. The van der Waals surface area contributed by atoms with Crippen molar-refractivity contribution >= 4 is 23.5 Å². The van der Waals surface area contributed by atoms with Gasteiger partial charge in [-0.25, -0.2) is 4.39 Å². The van der Waals surface area contributed by atoms with E-state index in [2.05, 4.69) is 0 Å². The summed E-state index contributed by atoms with van der Waals surface area (Å²) in [5.41, 5.74) is -1.35. The summed E-state index contributed by atoms with van der Waals surface area (Å²) in [6.07, 6.45) is -4.49. The average molecular weight is 424 g/mol. The first-order valence-electron chi connectivity index (χ1n) is 9.78. The van der Waals surface area contributed by atoms with Gasteiger partial charge in [-0.05, 0) is 56.0 Å². The first kappa shape index (κ1) is 22.8. The smallest absolute Gasteiger partial charge is 0.398 e. The van der Waals surface area contributed by atoms with Crippen LogP contribution in [0.2, 0.25) is 0 Å². The lowest BCUT2D eigenvalue weighted by molar-refractivity contribution is -0.173. The van der Waals surface area contributed by atoms with Gasteiger partial charge in [0.25, 0.3) is 0 Å². The van der Waals surface area contributed by atoms with E-state index in [1.54, 1.807) is 12.1 Å². The Hall–Kier alpha value is -1.90. The molecule has 3 rings (SSSR count). The third kappa shape index (κ3) is 4.87. The zero-order valence-corrected chi connectivity index (χ0v) is 17.5. The van der Waals surface area contributed by atoms with Crippen LogP contribution in [0.1, 0.15) is 39.7 Å². The van der Waals surface area contributed by atoms with Crippen LogP contribution in [0, 0.1) is 0 Å². The highest BCUT2D eigenvalue weighted by Gasteiger charge is 2.53. The minimum atomic E-state index is -4.44. The molecule has 0 radical (unpaired) electrons. The molecule has 0 saturated carbocycles. The van der Waals surface area contributed by atoms with Crippen molar-refractivity contribution in [3.63, 3.8) is 0 Å². The molecule has 1 aliphatic heterocycles. The molecule has 1 fully saturated rings. The van der Waals surface area contributed by atoms with E-state index in [1.807, 2.05) is 58.0 Å². The van der Waals surface area contributed by atoms with Gasteiger partial charge in [0.1, 0.15) is 12.3 Å². The lowest BCUT2D eigenvalue weighted by atomic mass is 9.81. The molecular formula is C22H25BF4O3. The number of fused-ring (bicyclic) bond motifs is 1. The fraction of sp³-hybridized carbons (Fsp3) is 0.455. The third-order valence-electron chi connectivity index (χ3n) is 5.63. The molecule has 162 valence electrons. The molecule has 1 aliphatic rings. The monoisotopic (exact) mass is 424 g/mol. The van der Waals surface area contributed by atoms with E-state index in [9.17, 15) is 13.2 Å². The summed E-state index contributed by atoms with van der Waals surface area (Å²) in [7, 11) is -1.24. The summed E-state index contributed by atoms with van der Waals surface area (Å²) in [4.78, 5) is 0. The van der Waals surface area contributed by atoms with E-state index < -0.39 is 36.8 Å². The van der Waals surface area contributed by atoms with Crippen molar-refractivity contribution in [2.75, 3.05) is 13.2 Å². The van der Waals surface area contributed by atoms with Crippen molar-refractivity contribution in [2.45, 2.75) is 51.5 Å². The molecule has 0 aromatic heterocycles. The van der Waals surface area contributed by atoms with Crippen LogP contribution in [-0.4, -0.2) is 37.7 Å². The first-order valence-corrected chi connectivity index (χ1v) is 9.78. The Balaban J connectivity index is 1.98. The number of ether oxygens (including phenoxy) is 1. The summed E-state index contributed by atoms with van der Waals surface area (Å²) in [6.45, 7) is 5.57. The summed E-state index contributed by atoms with van der Waals surface area (Å²) < 4.78 is 69.4. The Morgan fingerprint density at radius 1 is 0.967 bits per heavy atom. The second-order valence-electron chi connectivity index (χ2n) is 8.36. The van der Waals surface area contributed by atoms with Gasteiger partial charge in [-0.3, -0.25) is 0 Å². The summed E-state index contributed by atoms with van der Waals surface area (Å²) in [6, 6.07) is 12.9. The van der Waals surface area contributed by atoms with Gasteiger partial charge < -0.3 is 14.0 Å². The molecule has 30 heavy (non-hydrogen) atoms. The topological polar surface area (TPSA) is 27.7 Å². The number of hydrogen-bond donors (Lipinski definition) is 0. The van der Waals surface area contributed by atoms with Gasteiger partial charge >= 0.3 is 13.3 Å². The maximum Gasteiger partial charge on any atom is 0.525 e. The quantitative estimate of drug-likeness (QED) is 0.318. The summed E-state index contributed by atoms with van der Waals surface area (Å²) in [5.74, 6) is 0. The van der Waals surface area contributed by atoms with Gasteiger partial charge in [0.05, 0.1) is 17.8 Å². The lowest BCUT2D eigenvalue weighted by Crippen LogP contribution is -2.41. The van der Waals surface area contributed by atoms with Gasteiger partial charge in [-0.1, -0.05) is 42.5 Å². The minimum absolute atomic E-state index is 0.0556. The van der Waals surface area contributed by atoms with Crippen molar-refractivity contribution in [2.24, 2.45) is 0 Å². The van der Waals surface area contributed by atoms with Crippen LogP contribution >= 0.6 is 0 Å². The molecule has 0 bridgehead atoms. The number of benzene rings is 2. The first-order chi connectivity index (χ1) is 13.9. The molecular weight excluding hydrogens is 399 g/mol. The Labute approximate surface area is 174 Å². The number of halogens is 4. The molecule has 0 atom stereocenters. The Morgan fingerprint density at radius 3 is 2.20 bits per heavy atom. The Morgan fingerprint density at radius 2 is 1.57 bits per heavy atom. The highest BCUT2D eigenvalue weighted by molar-refractivity contribution is 6.55. The molecule has 0 unspecified atom stereocenters. The Kier molecular flexibility index (Phi) is 6.32. The van der Waals surface area contributed by atoms with Crippen molar-refractivity contribution in [1.82, 2.24) is 0 Å². The minimum Gasteiger partial charge on any atom is -0.398 e. The predicted octanol–water partition coefficient (Wildman–Crippen LogP) is 6.12. The van der Waals surface area contributed by atoms with Crippen molar-refractivity contribution in [3.8, 4) is 0 Å². The molecule has 1 saturated heterocycles. The SMILES string of the molecule is CC1(C)OB(C(F)=C(CCOCC(F)(F)F)c2cccc3ccccc23)OC1(C)C. The molecule has 8 heteroatoms. The van der Waals surface area contributed by atoms with Crippen LogP contribution < -0.4 is 0 Å². The van der Waals surface area contributed by atoms with E-state index in [4.69, 9.17) is 14.0 Å². The highest BCUT2D eigenvalue weighted by Crippen LogP contribution is 2.41. The largest absolute Gasteiger partial charge is 0.525 e. The Bertz CT molecular complexity index is 916. The van der Waals surface area contributed by atoms with E-state index in [0.717, 1.165) is 10.8 Å². The molecule has 2 aromatic rings. The van der Waals surface area contributed by atoms with Gasteiger partial charge in [-0.2, -0.15) is 13.2 Å². The van der Waals surface area contributed by atoms with E-state index in [0.29, 0.717) is 5.56 Å². The van der Waals surface area contributed by atoms with Gasteiger partial charge in [0, 0.05) is 0 Å². The van der Waals surface area contributed by atoms with Crippen LogP contribution in [-0.2, 0) is 14.0 Å². The zero-order chi connectivity index (χ0) is 22.2. The van der Waals surface area contributed by atoms with E-state index in [-0.39, 0.29) is 18.6 Å². The van der Waals surface area contributed by atoms with E-state index in [1.165, 1.54) is 0 Å². The third-order valence-corrected chi connectivity index (χ3v) is 5.63. The van der Waals surface area contributed by atoms with Crippen LogP contribution in [0.4, 0.5) is 17.6 Å². The second-order valence-corrected chi connectivity index (χ2v) is 8.36. The maximum absolute atomic E-state index is 15.7. The highest BCUT2D eigenvalue weighted by atomic mass is 19.4. The molecule has 3 nitrogen and oxygen atoms in total.